The Balaban J connectivity index is 1.59. The van der Waals surface area contributed by atoms with Crippen LogP contribution in [-0.4, -0.2) is 10.9 Å². The van der Waals surface area contributed by atoms with Gasteiger partial charge in [-0.3, -0.25) is 14.9 Å². The van der Waals surface area contributed by atoms with Crippen LogP contribution in [0.1, 0.15) is 5.56 Å². The molecule has 6 nitrogen and oxygen atoms in total. The van der Waals surface area contributed by atoms with Gasteiger partial charge in [0.15, 0.2) is 10.6 Å². The highest BCUT2D eigenvalue weighted by atomic mass is 32.1. The van der Waals surface area contributed by atoms with Crippen LogP contribution in [0.25, 0.3) is 28.3 Å². The summed E-state index contributed by atoms with van der Waals surface area (Å²) in [7, 11) is 0. The summed E-state index contributed by atoms with van der Waals surface area (Å²) in [5.41, 5.74) is 1.68. The fourth-order valence-corrected chi connectivity index (χ4v) is 3.45. The topological polar surface area (TPSA) is 96.0 Å². The molecular formula is C22H13N3O3S. The van der Waals surface area contributed by atoms with E-state index < -0.39 is 5.91 Å². The molecule has 0 aliphatic rings. The normalized spacial score (nSPS) is 11.2. The number of hydrogen-bond acceptors (Lipinski definition) is 6. The van der Waals surface area contributed by atoms with Gasteiger partial charge in [0.25, 0.3) is 5.91 Å². The molecule has 2 heterocycles. The van der Waals surface area contributed by atoms with Crippen LogP contribution >= 0.6 is 11.3 Å². The second kappa shape index (κ2) is 7.92. The first-order valence-electron chi connectivity index (χ1n) is 8.60. The van der Waals surface area contributed by atoms with Gasteiger partial charge >= 0.3 is 0 Å². The Bertz CT molecular complexity index is 1330. The van der Waals surface area contributed by atoms with Gasteiger partial charge in [0, 0.05) is 10.9 Å². The number of thiazole rings is 1. The van der Waals surface area contributed by atoms with E-state index >= 15 is 0 Å². The van der Waals surface area contributed by atoms with Crippen molar-refractivity contribution in [1.29, 1.82) is 5.26 Å². The second-order valence-corrected chi connectivity index (χ2v) is 6.90. The fourth-order valence-electron chi connectivity index (χ4n) is 2.73. The molecule has 4 aromatic rings. The van der Waals surface area contributed by atoms with Crippen LogP contribution in [-0.2, 0) is 4.79 Å². The van der Waals surface area contributed by atoms with Crippen LogP contribution in [0.15, 0.2) is 81.0 Å². The lowest BCUT2D eigenvalue weighted by Crippen LogP contribution is -2.14. The van der Waals surface area contributed by atoms with Gasteiger partial charge < -0.3 is 4.42 Å². The van der Waals surface area contributed by atoms with Crippen LogP contribution in [0.5, 0.6) is 0 Å². The summed E-state index contributed by atoms with van der Waals surface area (Å²) in [5, 5.41) is 14.6. The van der Waals surface area contributed by atoms with E-state index in [4.69, 9.17) is 4.42 Å². The number of hydrogen-bond donors (Lipinski definition) is 1. The summed E-state index contributed by atoms with van der Waals surface area (Å²) in [4.78, 5) is 29.4. The van der Waals surface area contributed by atoms with Crippen molar-refractivity contribution in [3.8, 4) is 17.3 Å². The maximum absolute atomic E-state index is 12.6. The van der Waals surface area contributed by atoms with E-state index in [2.05, 4.69) is 10.3 Å². The Morgan fingerprint density at radius 3 is 2.69 bits per heavy atom. The lowest BCUT2D eigenvalue weighted by atomic mass is 10.1. The van der Waals surface area contributed by atoms with Crippen molar-refractivity contribution in [2.45, 2.75) is 0 Å². The third-order valence-corrected chi connectivity index (χ3v) is 4.92. The first kappa shape index (κ1) is 18.3. The number of carbonyl (C=O) groups excluding carboxylic acids is 1. The van der Waals surface area contributed by atoms with E-state index in [9.17, 15) is 14.9 Å². The SMILES string of the molecule is N#CC(=Cc1coc2ccccc2c1=O)C(=O)Nc1nc(-c2ccccc2)cs1. The summed E-state index contributed by atoms with van der Waals surface area (Å²) in [6, 6.07) is 18.2. The molecule has 2 aromatic heterocycles. The highest BCUT2D eigenvalue weighted by Crippen LogP contribution is 2.25. The highest BCUT2D eigenvalue weighted by molar-refractivity contribution is 7.14. The number of nitriles is 1. The Kier molecular flexibility index (Phi) is 5.01. The van der Waals surface area contributed by atoms with E-state index in [1.54, 1.807) is 24.3 Å². The van der Waals surface area contributed by atoms with Crippen LogP contribution in [0.4, 0.5) is 5.13 Å². The van der Waals surface area contributed by atoms with Crippen molar-refractivity contribution in [2.24, 2.45) is 0 Å². The molecule has 7 heteroatoms. The van der Waals surface area contributed by atoms with Crippen LogP contribution in [0, 0.1) is 11.3 Å². The minimum Gasteiger partial charge on any atom is -0.463 e. The molecule has 0 bridgehead atoms. The third kappa shape index (κ3) is 3.83. The highest BCUT2D eigenvalue weighted by Gasteiger charge is 2.14. The molecule has 140 valence electrons. The molecule has 29 heavy (non-hydrogen) atoms. The number of nitrogens with one attached hydrogen (secondary N) is 1. The molecule has 0 saturated carbocycles. The summed E-state index contributed by atoms with van der Waals surface area (Å²) >= 11 is 1.25. The molecule has 0 atom stereocenters. The molecular weight excluding hydrogens is 386 g/mol. The van der Waals surface area contributed by atoms with Gasteiger partial charge in [0.05, 0.1) is 16.6 Å². The van der Waals surface area contributed by atoms with E-state index in [1.807, 2.05) is 41.8 Å². The predicted molar refractivity (Wildman–Crippen MR) is 112 cm³/mol. The minimum absolute atomic E-state index is 0.125. The fraction of sp³-hybridized carbons (Fsp3) is 0. The Morgan fingerprint density at radius 1 is 1.14 bits per heavy atom. The summed E-state index contributed by atoms with van der Waals surface area (Å²) in [5.74, 6) is -0.644. The van der Waals surface area contributed by atoms with Gasteiger partial charge in [-0.25, -0.2) is 4.98 Å². The van der Waals surface area contributed by atoms with Gasteiger partial charge in [0.2, 0.25) is 0 Å². The Labute approximate surface area is 169 Å². The average Bonchev–Trinajstić information content (AvgIpc) is 3.22. The van der Waals surface area contributed by atoms with Gasteiger partial charge in [-0.05, 0) is 18.2 Å². The predicted octanol–water partition coefficient (Wildman–Crippen LogP) is 4.46. The number of benzene rings is 2. The van der Waals surface area contributed by atoms with Crippen molar-refractivity contribution >= 4 is 39.4 Å². The molecule has 0 aliphatic carbocycles. The maximum Gasteiger partial charge on any atom is 0.268 e. The van der Waals surface area contributed by atoms with Gasteiger partial charge in [-0.2, -0.15) is 5.26 Å². The van der Waals surface area contributed by atoms with Gasteiger partial charge in [0.1, 0.15) is 23.5 Å². The number of carbonyl (C=O) groups is 1. The van der Waals surface area contributed by atoms with E-state index in [-0.39, 0.29) is 16.6 Å². The van der Waals surface area contributed by atoms with Crippen molar-refractivity contribution < 1.29 is 9.21 Å². The summed E-state index contributed by atoms with van der Waals surface area (Å²) < 4.78 is 5.42. The van der Waals surface area contributed by atoms with Gasteiger partial charge in [-0.1, -0.05) is 42.5 Å². The minimum atomic E-state index is -0.644. The molecule has 2 aromatic carbocycles. The maximum atomic E-state index is 12.6. The molecule has 0 unspecified atom stereocenters. The van der Waals surface area contributed by atoms with Crippen molar-refractivity contribution in [2.75, 3.05) is 5.32 Å². The summed E-state index contributed by atoms with van der Waals surface area (Å²) in [6.45, 7) is 0. The number of anilines is 1. The molecule has 1 N–H and O–H groups in total. The molecule has 0 fully saturated rings. The molecule has 0 aliphatic heterocycles. The van der Waals surface area contributed by atoms with Crippen LogP contribution < -0.4 is 10.7 Å². The number of aromatic nitrogens is 1. The number of para-hydroxylation sites is 1. The Morgan fingerprint density at radius 2 is 1.90 bits per heavy atom. The number of rotatable bonds is 4. The zero-order chi connectivity index (χ0) is 20.2. The number of amides is 1. The lowest BCUT2D eigenvalue weighted by Gasteiger charge is -2.01. The molecule has 0 spiro atoms. The monoisotopic (exact) mass is 399 g/mol. The largest absolute Gasteiger partial charge is 0.463 e. The zero-order valence-corrected chi connectivity index (χ0v) is 15.8. The summed E-state index contributed by atoms with van der Waals surface area (Å²) in [6.07, 6.45) is 2.46. The van der Waals surface area contributed by atoms with Crippen LogP contribution in [0.2, 0.25) is 0 Å². The zero-order valence-electron chi connectivity index (χ0n) is 15.0. The van der Waals surface area contributed by atoms with Crippen molar-refractivity contribution in [1.82, 2.24) is 4.98 Å². The Hall–Kier alpha value is -4.02. The quantitative estimate of drug-likeness (QED) is 0.404. The molecule has 1 amide bonds. The van der Waals surface area contributed by atoms with E-state index in [0.717, 1.165) is 11.3 Å². The smallest absolute Gasteiger partial charge is 0.268 e. The average molecular weight is 399 g/mol. The van der Waals surface area contributed by atoms with Gasteiger partial charge in [-0.15, -0.1) is 11.3 Å². The first-order chi connectivity index (χ1) is 14.2. The van der Waals surface area contributed by atoms with E-state index in [1.165, 1.54) is 23.7 Å². The third-order valence-electron chi connectivity index (χ3n) is 4.17. The standard InChI is InChI=1S/C22H13N3O3S/c23-11-15(10-16-12-28-19-9-5-4-8-17(19)20(16)26)21(27)25-22-24-18(13-29-22)14-6-2-1-3-7-14/h1-10,12-13H,(H,24,25,27). The van der Waals surface area contributed by atoms with Crippen LogP contribution in [0.3, 0.4) is 0 Å². The molecule has 0 radical (unpaired) electrons. The van der Waals surface area contributed by atoms with Crippen molar-refractivity contribution in [3.63, 3.8) is 0 Å². The number of fused-ring (bicyclic) bond motifs is 1. The first-order valence-corrected chi connectivity index (χ1v) is 9.48. The molecule has 0 saturated heterocycles. The number of nitrogens with zero attached hydrogens (tertiary/aromatic N) is 2. The van der Waals surface area contributed by atoms with Crippen molar-refractivity contribution in [3.05, 3.63) is 87.6 Å². The second-order valence-electron chi connectivity index (χ2n) is 6.04. The van der Waals surface area contributed by atoms with E-state index in [0.29, 0.717) is 16.1 Å². The molecule has 4 rings (SSSR count). The lowest BCUT2D eigenvalue weighted by molar-refractivity contribution is -0.112.